The number of hydrogen-bond acceptors (Lipinski definition) is 6. The first kappa shape index (κ1) is 12.9. The highest BCUT2D eigenvalue weighted by atomic mass is 35.5. The first-order valence-electron chi connectivity index (χ1n) is 5.88. The van der Waals surface area contributed by atoms with Gasteiger partial charge in [0.05, 0.1) is 16.6 Å². The quantitative estimate of drug-likeness (QED) is 0.732. The predicted molar refractivity (Wildman–Crippen MR) is 79.9 cm³/mol. The molecular formula is C12H11ClN4S2. The van der Waals surface area contributed by atoms with E-state index >= 15 is 0 Å². The van der Waals surface area contributed by atoms with E-state index in [0.29, 0.717) is 16.6 Å². The van der Waals surface area contributed by atoms with Gasteiger partial charge in [0, 0.05) is 4.88 Å². The van der Waals surface area contributed by atoms with E-state index in [0.717, 1.165) is 34.2 Å². The average molecular weight is 311 g/mol. The van der Waals surface area contributed by atoms with Crippen molar-refractivity contribution < 1.29 is 0 Å². The molecule has 3 heterocycles. The van der Waals surface area contributed by atoms with Crippen LogP contribution < -0.4 is 0 Å². The molecule has 3 aromatic rings. The van der Waals surface area contributed by atoms with E-state index in [1.54, 1.807) is 11.3 Å². The summed E-state index contributed by atoms with van der Waals surface area (Å²) in [4.78, 5) is 2.41. The molecule has 3 aromatic heterocycles. The van der Waals surface area contributed by atoms with Gasteiger partial charge in [0.2, 0.25) is 0 Å². The zero-order valence-corrected chi connectivity index (χ0v) is 12.8. The summed E-state index contributed by atoms with van der Waals surface area (Å²) in [7, 11) is 0. The van der Waals surface area contributed by atoms with Crippen LogP contribution in [0.4, 0.5) is 0 Å². The number of halogens is 1. The molecule has 0 aromatic carbocycles. The van der Waals surface area contributed by atoms with Crippen LogP contribution in [0.2, 0.25) is 5.15 Å². The van der Waals surface area contributed by atoms with E-state index in [1.807, 2.05) is 0 Å². The van der Waals surface area contributed by atoms with Gasteiger partial charge in [-0.3, -0.25) is 0 Å². The highest BCUT2D eigenvalue weighted by Gasteiger charge is 2.15. The minimum absolute atomic E-state index is 0.312. The number of rotatable bonds is 3. The summed E-state index contributed by atoms with van der Waals surface area (Å²) in [6.45, 7) is 4.42. The number of thiophene rings is 1. The van der Waals surface area contributed by atoms with E-state index in [1.165, 1.54) is 4.88 Å². The number of nitrogens with zero attached hydrogens (tertiary/aromatic N) is 4. The minimum Gasteiger partial charge on any atom is -0.170 e. The maximum Gasteiger partial charge on any atom is 0.180 e. The summed E-state index contributed by atoms with van der Waals surface area (Å²) in [5.74, 6) is 0.642. The molecule has 0 N–H and O–H groups in total. The van der Waals surface area contributed by atoms with E-state index in [2.05, 4.69) is 44.9 Å². The van der Waals surface area contributed by atoms with Crippen molar-refractivity contribution in [3.05, 3.63) is 22.2 Å². The second kappa shape index (κ2) is 5.11. The lowest BCUT2D eigenvalue weighted by Crippen LogP contribution is -1.90. The lowest BCUT2D eigenvalue weighted by Gasteiger charge is -2.00. The van der Waals surface area contributed by atoms with Crippen molar-refractivity contribution in [2.45, 2.75) is 20.3 Å². The predicted octanol–water partition coefficient (Wildman–Crippen LogP) is 4.06. The second-order valence-electron chi connectivity index (χ2n) is 4.66. The topological polar surface area (TPSA) is 51.6 Å². The Kier molecular flexibility index (Phi) is 3.47. The first-order valence-corrected chi connectivity index (χ1v) is 7.81. The van der Waals surface area contributed by atoms with Crippen LogP contribution in [-0.2, 0) is 6.42 Å². The van der Waals surface area contributed by atoms with Crippen LogP contribution in [0.3, 0.4) is 0 Å². The van der Waals surface area contributed by atoms with Crippen molar-refractivity contribution >= 4 is 45.7 Å². The van der Waals surface area contributed by atoms with Crippen LogP contribution >= 0.6 is 34.7 Å². The van der Waals surface area contributed by atoms with Crippen LogP contribution in [0.15, 0.2) is 12.1 Å². The summed E-state index contributed by atoms with van der Waals surface area (Å²) in [5, 5.41) is 8.44. The van der Waals surface area contributed by atoms with Crippen molar-refractivity contribution in [2.75, 3.05) is 0 Å². The fraction of sp³-hybridized carbons (Fsp3) is 0.333. The summed E-state index contributed by atoms with van der Waals surface area (Å²) >= 11 is 8.83. The molecule has 0 aliphatic rings. The second-order valence-corrected chi connectivity index (χ2v) is 6.72. The largest absolute Gasteiger partial charge is 0.180 e. The van der Waals surface area contributed by atoms with Crippen LogP contribution in [0.5, 0.6) is 0 Å². The van der Waals surface area contributed by atoms with Crippen molar-refractivity contribution in [1.29, 1.82) is 0 Å². The SMILES string of the molecule is CC(C)Cc1ccc(-c2nnc(Cl)c3nsnc23)s1. The van der Waals surface area contributed by atoms with Crippen molar-refractivity contribution in [1.82, 2.24) is 18.9 Å². The number of aromatic nitrogens is 4. The summed E-state index contributed by atoms with van der Waals surface area (Å²) in [6, 6.07) is 4.21. The Balaban J connectivity index is 2.07. The average Bonchev–Trinajstić information content (AvgIpc) is 2.98. The molecule has 0 radical (unpaired) electrons. The molecule has 3 rings (SSSR count). The van der Waals surface area contributed by atoms with Gasteiger partial charge < -0.3 is 0 Å². The van der Waals surface area contributed by atoms with E-state index < -0.39 is 0 Å². The van der Waals surface area contributed by atoms with Crippen molar-refractivity contribution in [3.8, 4) is 10.6 Å². The van der Waals surface area contributed by atoms with Gasteiger partial charge in [-0.25, -0.2) is 0 Å². The third-order valence-electron chi connectivity index (χ3n) is 2.65. The number of fused-ring (bicyclic) bond motifs is 1. The van der Waals surface area contributed by atoms with Crippen LogP contribution in [0.1, 0.15) is 18.7 Å². The van der Waals surface area contributed by atoms with Gasteiger partial charge in [0.15, 0.2) is 5.15 Å². The van der Waals surface area contributed by atoms with Crippen LogP contribution in [0, 0.1) is 5.92 Å². The summed E-state index contributed by atoms with van der Waals surface area (Å²) in [6.07, 6.45) is 1.07. The van der Waals surface area contributed by atoms with Gasteiger partial charge >= 0.3 is 0 Å². The lowest BCUT2D eigenvalue weighted by atomic mass is 10.1. The Morgan fingerprint density at radius 3 is 2.74 bits per heavy atom. The monoisotopic (exact) mass is 310 g/mol. The Hall–Kier alpha value is -1.11. The third kappa shape index (κ3) is 2.48. The van der Waals surface area contributed by atoms with Gasteiger partial charge in [-0.15, -0.1) is 21.5 Å². The molecule has 0 saturated heterocycles. The molecule has 0 aliphatic carbocycles. The Bertz CT molecular complexity index is 719. The first-order chi connectivity index (χ1) is 9.15. The molecule has 19 heavy (non-hydrogen) atoms. The van der Waals surface area contributed by atoms with Gasteiger partial charge in [-0.1, -0.05) is 25.4 Å². The molecule has 0 atom stereocenters. The molecule has 0 saturated carbocycles. The molecular weight excluding hydrogens is 300 g/mol. The van der Waals surface area contributed by atoms with Crippen LogP contribution in [0.25, 0.3) is 21.6 Å². The molecule has 7 heteroatoms. The smallest absolute Gasteiger partial charge is 0.170 e. The van der Waals surface area contributed by atoms with E-state index in [-0.39, 0.29) is 0 Å². The standard InChI is InChI=1S/C12H11ClN4S2/c1-6(2)5-7-3-4-8(18-7)9-10-11(17-19-16-10)12(13)15-14-9/h3-4,6H,5H2,1-2H3. The third-order valence-corrected chi connectivity index (χ3v) is 4.55. The summed E-state index contributed by atoms with van der Waals surface area (Å²) in [5.41, 5.74) is 2.14. The summed E-state index contributed by atoms with van der Waals surface area (Å²) < 4.78 is 8.44. The lowest BCUT2D eigenvalue weighted by molar-refractivity contribution is 0.654. The minimum atomic E-state index is 0.312. The van der Waals surface area contributed by atoms with E-state index in [4.69, 9.17) is 11.6 Å². The van der Waals surface area contributed by atoms with E-state index in [9.17, 15) is 0 Å². The molecule has 0 fully saturated rings. The van der Waals surface area contributed by atoms with Crippen molar-refractivity contribution in [3.63, 3.8) is 0 Å². The molecule has 0 spiro atoms. The fourth-order valence-corrected chi connectivity index (χ4v) is 3.83. The maximum absolute atomic E-state index is 5.97. The molecule has 0 amide bonds. The van der Waals surface area contributed by atoms with Gasteiger partial charge in [-0.05, 0) is 24.5 Å². The highest BCUT2D eigenvalue weighted by molar-refractivity contribution is 7.15. The zero-order valence-electron chi connectivity index (χ0n) is 10.4. The van der Waals surface area contributed by atoms with Crippen LogP contribution in [-0.4, -0.2) is 18.9 Å². The molecule has 0 bridgehead atoms. The van der Waals surface area contributed by atoms with Crippen molar-refractivity contribution in [2.24, 2.45) is 5.92 Å². The fourth-order valence-electron chi connectivity index (χ4n) is 1.85. The normalized spacial score (nSPS) is 11.6. The Morgan fingerprint density at radius 1 is 1.16 bits per heavy atom. The Labute approximate surface area is 123 Å². The molecule has 4 nitrogen and oxygen atoms in total. The molecule has 0 unspecified atom stereocenters. The van der Waals surface area contributed by atoms with Gasteiger partial charge in [0.25, 0.3) is 0 Å². The highest BCUT2D eigenvalue weighted by Crippen LogP contribution is 2.33. The molecule has 0 aliphatic heterocycles. The maximum atomic E-state index is 5.97. The van der Waals surface area contributed by atoms with Gasteiger partial charge in [-0.2, -0.15) is 8.75 Å². The number of hydrogen-bond donors (Lipinski definition) is 0. The Morgan fingerprint density at radius 2 is 1.95 bits per heavy atom. The molecule has 98 valence electrons. The zero-order chi connectivity index (χ0) is 13.4. The van der Waals surface area contributed by atoms with Gasteiger partial charge in [0.1, 0.15) is 16.7 Å².